The van der Waals surface area contributed by atoms with Crippen molar-refractivity contribution in [1.29, 1.82) is 0 Å². The van der Waals surface area contributed by atoms with Crippen LogP contribution in [0.4, 0.5) is 5.69 Å². The second kappa shape index (κ2) is 7.87. The molecule has 1 aromatic carbocycles. The molecule has 0 unspecified atom stereocenters. The molecule has 1 aromatic heterocycles. The Bertz CT molecular complexity index is 774. The van der Waals surface area contributed by atoms with Crippen LogP contribution in [0.25, 0.3) is 10.9 Å². The zero-order chi connectivity index (χ0) is 17.9. The van der Waals surface area contributed by atoms with Crippen LogP contribution in [-0.4, -0.2) is 31.5 Å². The zero-order valence-corrected chi connectivity index (χ0v) is 15.4. The molecule has 1 aliphatic heterocycles. The normalized spacial score (nSPS) is 19.2. The number of ether oxygens (including phenoxy) is 1. The van der Waals surface area contributed by atoms with Crippen LogP contribution in [0.3, 0.4) is 0 Å². The van der Waals surface area contributed by atoms with E-state index < -0.39 is 0 Å². The summed E-state index contributed by atoms with van der Waals surface area (Å²) in [5.41, 5.74) is 2.65. The molecule has 1 saturated carbocycles. The Labute approximate surface area is 156 Å². The lowest BCUT2D eigenvalue weighted by molar-refractivity contribution is -0.117. The fourth-order valence-electron chi connectivity index (χ4n) is 4.33. The van der Waals surface area contributed by atoms with E-state index in [9.17, 15) is 4.79 Å². The largest absolute Gasteiger partial charge is 0.381 e. The van der Waals surface area contributed by atoms with E-state index in [4.69, 9.17) is 12.6 Å². The van der Waals surface area contributed by atoms with Crippen molar-refractivity contribution >= 4 is 35.8 Å². The summed E-state index contributed by atoms with van der Waals surface area (Å²) in [6.07, 6.45) is 10.2. The molecule has 1 saturated heterocycles. The summed E-state index contributed by atoms with van der Waals surface area (Å²) < 4.78 is 7.51. The van der Waals surface area contributed by atoms with E-state index in [0.29, 0.717) is 18.3 Å². The highest BCUT2D eigenvalue weighted by Gasteiger charge is 2.22. The molecule has 0 spiro atoms. The number of hydrogen-bond acceptors (Lipinski definition) is 2. The summed E-state index contributed by atoms with van der Waals surface area (Å²) >= 11 is 0. The molecule has 136 valence electrons. The minimum atomic E-state index is 0.117. The van der Waals surface area contributed by atoms with Gasteiger partial charge in [0.1, 0.15) is 7.85 Å². The number of fused-ring (bicyclic) bond motifs is 1. The van der Waals surface area contributed by atoms with Gasteiger partial charge in [-0.05, 0) is 24.8 Å². The van der Waals surface area contributed by atoms with Crippen LogP contribution in [0.15, 0.2) is 24.4 Å². The molecule has 2 aliphatic rings. The van der Waals surface area contributed by atoms with Crippen LogP contribution in [0.2, 0.25) is 0 Å². The van der Waals surface area contributed by atoms with Gasteiger partial charge < -0.3 is 14.6 Å². The molecule has 0 atom stereocenters. The number of carbonyl (C=O) groups excluding carboxylic acids is 1. The lowest BCUT2D eigenvalue weighted by atomic mass is 9.91. The first-order valence-corrected chi connectivity index (χ1v) is 9.95. The Balaban J connectivity index is 1.52. The van der Waals surface area contributed by atoms with Gasteiger partial charge in [0.25, 0.3) is 0 Å². The SMILES string of the molecule is [B]c1cccc2c1c(NC(=O)CC1CCCCCC1)cn2CC1COC1. The summed E-state index contributed by atoms with van der Waals surface area (Å²) in [5.74, 6) is 1.18. The number of nitrogens with zero attached hydrogens (tertiary/aromatic N) is 1. The Morgan fingerprint density at radius 2 is 1.92 bits per heavy atom. The minimum Gasteiger partial charge on any atom is -0.381 e. The number of benzene rings is 1. The first kappa shape index (κ1) is 17.7. The van der Waals surface area contributed by atoms with Crippen LogP contribution in [0, 0.1) is 11.8 Å². The van der Waals surface area contributed by atoms with Gasteiger partial charge in [-0.15, -0.1) is 0 Å². The molecular weight excluding hydrogens is 323 g/mol. The second-order valence-electron chi connectivity index (χ2n) is 7.95. The lowest BCUT2D eigenvalue weighted by Gasteiger charge is -2.26. The number of rotatable bonds is 5. The summed E-state index contributed by atoms with van der Waals surface area (Å²) in [4.78, 5) is 12.7. The Kier molecular flexibility index (Phi) is 5.35. The van der Waals surface area contributed by atoms with Gasteiger partial charge in [0, 0.05) is 36.0 Å². The van der Waals surface area contributed by atoms with Crippen molar-refractivity contribution in [1.82, 2.24) is 4.57 Å². The highest BCUT2D eigenvalue weighted by Crippen LogP contribution is 2.29. The third-order valence-electron chi connectivity index (χ3n) is 5.82. The molecule has 2 aromatic rings. The highest BCUT2D eigenvalue weighted by molar-refractivity contribution is 6.40. The predicted octanol–water partition coefficient (Wildman–Crippen LogP) is 3.38. The van der Waals surface area contributed by atoms with Crippen molar-refractivity contribution in [3.63, 3.8) is 0 Å². The summed E-state index contributed by atoms with van der Waals surface area (Å²) in [5, 5.41) is 4.11. The smallest absolute Gasteiger partial charge is 0.224 e. The van der Waals surface area contributed by atoms with Crippen molar-refractivity contribution in [2.24, 2.45) is 11.8 Å². The Hall–Kier alpha value is -1.75. The summed E-state index contributed by atoms with van der Waals surface area (Å²) in [6.45, 7) is 2.52. The molecule has 2 heterocycles. The quantitative estimate of drug-likeness (QED) is 0.664. The standard InChI is InChI=1S/C21H27BN2O2/c22-17-8-5-9-19-21(17)18(12-24(19)11-16-13-26-14-16)23-20(25)10-15-6-3-1-2-4-7-15/h5,8-9,12,15-16H,1-4,6-7,10-11,13-14H2,(H,23,25). The molecular formula is C21H27BN2O2. The fraction of sp³-hybridized carbons (Fsp3) is 0.571. The average Bonchev–Trinajstić information content (AvgIpc) is 2.75. The van der Waals surface area contributed by atoms with Gasteiger partial charge in [0.05, 0.1) is 18.9 Å². The topological polar surface area (TPSA) is 43.3 Å². The van der Waals surface area contributed by atoms with Crippen LogP contribution < -0.4 is 10.8 Å². The highest BCUT2D eigenvalue weighted by atomic mass is 16.5. The predicted molar refractivity (Wildman–Crippen MR) is 106 cm³/mol. The molecule has 5 heteroatoms. The maximum atomic E-state index is 12.7. The first-order chi connectivity index (χ1) is 12.7. The van der Waals surface area contributed by atoms with Gasteiger partial charge in [-0.25, -0.2) is 0 Å². The van der Waals surface area contributed by atoms with Gasteiger partial charge in [0.15, 0.2) is 0 Å². The third kappa shape index (κ3) is 3.83. The van der Waals surface area contributed by atoms with E-state index in [1.165, 1.54) is 38.5 Å². The molecule has 4 rings (SSSR count). The molecule has 1 N–H and O–H groups in total. The third-order valence-corrected chi connectivity index (χ3v) is 5.82. The maximum absolute atomic E-state index is 12.7. The van der Waals surface area contributed by atoms with Crippen molar-refractivity contribution in [2.45, 2.75) is 51.5 Å². The number of anilines is 1. The first-order valence-electron chi connectivity index (χ1n) is 9.95. The molecule has 4 nitrogen and oxygen atoms in total. The number of nitrogens with one attached hydrogen (secondary N) is 1. The van der Waals surface area contributed by atoms with Crippen molar-refractivity contribution < 1.29 is 9.53 Å². The van der Waals surface area contributed by atoms with Crippen molar-refractivity contribution in [2.75, 3.05) is 18.5 Å². The van der Waals surface area contributed by atoms with E-state index in [1.54, 1.807) is 0 Å². The maximum Gasteiger partial charge on any atom is 0.224 e. The molecule has 1 aliphatic carbocycles. The minimum absolute atomic E-state index is 0.117. The van der Waals surface area contributed by atoms with Crippen LogP contribution in [0.5, 0.6) is 0 Å². The van der Waals surface area contributed by atoms with Crippen LogP contribution >= 0.6 is 0 Å². The van der Waals surface area contributed by atoms with Gasteiger partial charge >= 0.3 is 0 Å². The van der Waals surface area contributed by atoms with Crippen LogP contribution in [0.1, 0.15) is 44.9 Å². The Morgan fingerprint density at radius 1 is 1.15 bits per heavy atom. The van der Waals surface area contributed by atoms with Gasteiger partial charge in [0.2, 0.25) is 5.91 Å². The Morgan fingerprint density at radius 3 is 2.62 bits per heavy atom. The molecule has 1 amide bonds. The van der Waals surface area contributed by atoms with E-state index in [-0.39, 0.29) is 5.91 Å². The number of aromatic nitrogens is 1. The fourth-order valence-corrected chi connectivity index (χ4v) is 4.33. The monoisotopic (exact) mass is 350 g/mol. The van der Waals surface area contributed by atoms with E-state index in [2.05, 4.69) is 16.0 Å². The molecule has 0 bridgehead atoms. The van der Waals surface area contributed by atoms with Gasteiger partial charge in [-0.1, -0.05) is 43.3 Å². The number of amides is 1. The lowest BCUT2D eigenvalue weighted by Crippen LogP contribution is -2.31. The number of hydrogen-bond donors (Lipinski definition) is 1. The van der Waals surface area contributed by atoms with E-state index in [0.717, 1.165) is 41.8 Å². The molecule has 2 radical (unpaired) electrons. The number of carbonyl (C=O) groups is 1. The summed E-state index contributed by atoms with van der Waals surface area (Å²) in [6, 6.07) is 5.95. The summed E-state index contributed by atoms with van der Waals surface area (Å²) in [7, 11) is 6.24. The molecule has 26 heavy (non-hydrogen) atoms. The van der Waals surface area contributed by atoms with E-state index >= 15 is 0 Å². The van der Waals surface area contributed by atoms with Crippen molar-refractivity contribution in [3.8, 4) is 0 Å². The van der Waals surface area contributed by atoms with Gasteiger partial charge in [-0.2, -0.15) is 0 Å². The second-order valence-corrected chi connectivity index (χ2v) is 7.95. The average molecular weight is 350 g/mol. The molecule has 2 fully saturated rings. The van der Waals surface area contributed by atoms with Crippen LogP contribution in [-0.2, 0) is 16.1 Å². The zero-order valence-electron chi connectivity index (χ0n) is 15.4. The van der Waals surface area contributed by atoms with Crippen molar-refractivity contribution in [3.05, 3.63) is 24.4 Å². The van der Waals surface area contributed by atoms with E-state index in [1.807, 2.05) is 18.3 Å². The van der Waals surface area contributed by atoms with Gasteiger partial charge in [-0.3, -0.25) is 4.79 Å².